The molecule has 0 radical (unpaired) electrons. The number of fused-ring (bicyclic) bond motifs is 3. The predicted molar refractivity (Wildman–Crippen MR) is 97.9 cm³/mol. The molecule has 0 bridgehead atoms. The van der Waals surface area contributed by atoms with Crippen molar-refractivity contribution in [2.75, 3.05) is 0 Å². The van der Waals surface area contributed by atoms with E-state index in [0.717, 1.165) is 39.3 Å². The van der Waals surface area contributed by atoms with Crippen LogP contribution >= 0.6 is 0 Å². The van der Waals surface area contributed by atoms with Gasteiger partial charge >= 0.3 is 0 Å². The van der Waals surface area contributed by atoms with Crippen molar-refractivity contribution in [3.63, 3.8) is 0 Å². The van der Waals surface area contributed by atoms with Crippen LogP contribution in [-0.2, 0) is 0 Å². The third-order valence-electron chi connectivity index (χ3n) is 4.36. The first-order valence-electron chi connectivity index (χ1n) is 8.02. The van der Waals surface area contributed by atoms with Gasteiger partial charge in [-0.05, 0) is 12.1 Å². The standard InChI is InChI=1S/C21H15N3/c1-3-9-15(10-4-1)19-20(16-11-5-2-6-12-16)24-18-14-8-7-13-17(18)22-21(24)23-19/h1-14H,(H,22,23). The Morgan fingerprint density at radius 2 is 1.29 bits per heavy atom. The average molecular weight is 309 g/mol. The molecule has 0 aliphatic rings. The summed E-state index contributed by atoms with van der Waals surface area (Å²) in [5.41, 5.74) is 6.64. The van der Waals surface area contributed by atoms with E-state index in [1.165, 1.54) is 0 Å². The minimum Gasteiger partial charge on any atom is -0.323 e. The van der Waals surface area contributed by atoms with Gasteiger partial charge < -0.3 is 4.98 Å². The van der Waals surface area contributed by atoms with Crippen LogP contribution in [0.5, 0.6) is 0 Å². The third kappa shape index (κ3) is 1.88. The molecule has 0 saturated carbocycles. The Hall–Kier alpha value is -3.33. The first-order valence-corrected chi connectivity index (χ1v) is 8.02. The van der Waals surface area contributed by atoms with E-state index >= 15 is 0 Å². The largest absolute Gasteiger partial charge is 0.323 e. The second-order valence-electron chi connectivity index (χ2n) is 5.84. The molecule has 3 aromatic carbocycles. The van der Waals surface area contributed by atoms with Crippen LogP contribution < -0.4 is 0 Å². The van der Waals surface area contributed by atoms with Gasteiger partial charge in [0.05, 0.1) is 22.4 Å². The van der Waals surface area contributed by atoms with E-state index in [1.807, 2.05) is 18.2 Å². The fourth-order valence-corrected chi connectivity index (χ4v) is 3.29. The predicted octanol–water partition coefficient (Wildman–Crippen LogP) is 5.15. The van der Waals surface area contributed by atoms with Crippen molar-refractivity contribution in [2.45, 2.75) is 0 Å². The molecule has 0 aliphatic carbocycles. The minimum absolute atomic E-state index is 0.869. The molecule has 114 valence electrons. The van der Waals surface area contributed by atoms with Crippen LogP contribution in [0.4, 0.5) is 0 Å². The summed E-state index contributed by atoms with van der Waals surface area (Å²) >= 11 is 0. The summed E-state index contributed by atoms with van der Waals surface area (Å²) in [5.74, 6) is 0.869. The smallest absolute Gasteiger partial charge is 0.213 e. The first kappa shape index (κ1) is 13.1. The number of nitrogens with one attached hydrogen (secondary N) is 1. The van der Waals surface area contributed by atoms with Gasteiger partial charge in [0.15, 0.2) is 0 Å². The van der Waals surface area contributed by atoms with E-state index in [9.17, 15) is 0 Å². The van der Waals surface area contributed by atoms with Crippen LogP contribution in [0.1, 0.15) is 0 Å². The lowest BCUT2D eigenvalue weighted by molar-refractivity contribution is 1.25. The number of hydrogen-bond acceptors (Lipinski definition) is 1. The Morgan fingerprint density at radius 1 is 0.667 bits per heavy atom. The second-order valence-corrected chi connectivity index (χ2v) is 5.84. The molecule has 3 heteroatoms. The van der Waals surface area contributed by atoms with Crippen molar-refractivity contribution in [3.05, 3.63) is 84.9 Å². The Bertz CT molecular complexity index is 1140. The van der Waals surface area contributed by atoms with Crippen molar-refractivity contribution in [3.8, 4) is 22.5 Å². The van der Waals surface area contributed by atoms with Gasteiger partial charge in [0.1, 0.15) is 0 Å². The fourth-order valence-electron chi connectivity index (χ4n) is 3.29. The zero-order chi connectivity index (χ0) is 15.9. The summed E-state index contributed by atoms with van der Waals surface area (Å²) in [5, 5.41) is 0. The quantitative estimate of drug-likeness (QED) is 0.480. The maximum absolute atomic E-state index is 4.90. The van der Waals surface area contributed by atoms with Crippen LogP contribution in [-0.4, -0.2) is 14.4 Å². The Labute approximate surface area is 139 Å². The number of para-hydroxylation sites is 2. The maximum atomic E-state index is 4.90. The second kappa shape index (κ2) is 5.10. The van der Waals surface area contributed by atoms with Crippen LogP contribution in [0, 0.1) is 0 Å². The number of nitrogens with zero attached hydrogens (tertiary/aromatic N) is 2. The van der Waals surface area contributed by atoms with Crippen molar-refractivity contribution in [2.24, 2.45) is 0 Å². The molecule has 1 N–H and O–H groups in total. The van der Waals surface area contributed by atoms with Gasteiger partial charge in [-0.2, -0.15) is 0 Å². The number of hydrogen-bond donors (Lipinski definition) is 1. The number of benzene rings is 3. The summed E-state index contributed by atoms with van der Waals surface area (Å²) < 4.78 is 2.22. The van der Waals surface area contributed by atoms with Crippen LogP contribution in [0.3, 0.4) is 0 Å². The Kier molecular flexibility index (Phi) is 2.79. The minimum atomic E-state index is 0.869. The van der Waals surface area contributed by atoms with E-state index < -0.39 is 0 Å². The van der Waals surface area contributed by atoms with Gasteiger partial charge in [0, 0.05) is 11.1 Å². The third-order valence-corrected chi connectivity index (χ3v) is 4.36. The van der Waals surface area contributed by atoms with E-state index in [-0.39, 0.29) is 0 Å². The molecular weight excluding hydrogens is 294 g/mol. The van der Waals surface area contributed by atoms with Gasteiger partial charge in [0.25, 0.3) is 0 Å². The molecule has 3 nitrogen and oxygen atoms in total. The molecule has 2 aromatic heterocycles. The summed E-state index contributed by atoms with van der Waals surface area (Å²) in [6.45, 7) is 0. The van der Waals surface area contributed by atoms with Crippen LogP contribution in [0.2, 0.25) is 0 Å². The normalized spacial score (nSPS) is 11.3. The number of H-pyrrole nitrogens is 1. The molecule has 0 amide bonds. The fraction of sp³-hybridized carbons (Fsp3) is 0. The monoisotopic (exact) mass is 309 g/mol. The molecule has 2 heterocycles. The first-order chi connectivity index (χ1) is 11.9. The molecule has 0 saturated heterocycles. The lowest BCUT2D eigenvalue weighted by atomic mass is 10.0. The van der Waals surface area contributed by atoms with Crippen molar-refractivity contribution < 1.29 is 0 Å². The molecule has 0 aliphatic heterocycles. The number of imidazole rings is 2. The van der Waals surface area contributed by atoms with Crippen LogP contribution in [0.25, 0.3) is 39.3 Å². The summed E-state index contributed by atoms with van der Waals surface area (Å²) in [6, 6.07) is 29.1. The average Bonchev–Trinajstić information content (AvgIpc) is 3.19. The Balaban J connectivity index is 1.93. The summed E-state index contributed by atoms with van der Waals surface area (Å²) in [7, 11) is 0. The van der Waals surface area contributed by atoms with Gasteiger partial charge in [-0.25, -0.2) is 4.98 Å². The topological polar surface area (TPSA) is 33.1 Å². The number of rotatable bonds is 2. The number of aromatic nitrogens is 3. The van der Waals surface area contributed by atoms with Gasteiger partial charge in [-0.15, -0.1) is 0 Å². The van der Waals surface area contributed by atoms with E-state index in [4.69, 9.17) is 4.98 Å². The molecule has 0 atom stereocenters. The number of aromatic amines is 1. The van der Waals surface area contributed by atoms with Crippen LogP contribution in [0.15, 0.2) is 84.9 Å². The highest BCUT2D eigenvalue weighted by molar-refractivity contribution is 5.89. The van der Waals surface area contributed by atoms with E-state index in [1.54, 1.807) is 0 Å². The maximum Gasteiger partial charge on any atom is 0.213 e. The molecule has 0 unspecified atom stereocenters. The highest BCUT2D eigenvalue weighted by atomic mass is 15.1. The lowest BCUT2D eigenvalue weighted by Gasteiger charge is -2.05. The molecular formula is C21H15N3. The zero-order valence-corrected chi connectivity index (χ0v) is 13.0. The van der Waals surface area contributed by atoms with Gasteiger partial charge in [-0.3, -0.25) is 4.40 Å². The van der Waals surface area contributed by atoms with E-state index in [2.05, 4.69) is 76.1 Å². The SMILES string of the molecule is c1ccc(-c2nc3[nH]c4ccccc4n3c2-c2ccccc2)cc1. The molecule has 5 rings (SSSR count). The lowest BCUT2D eigenvalue weighted by Crippen LogP contribution is -1.88. The zero-order valence-electron chi connectivity index (χ0n) is 13.0. The Morgan fingerprint density at radius 3 is 2.04 bits per heavy atom. The molecule has 0 spiro atoms. The summed E-state index contributed by atoms with van der Waals surface area (Å²) in [4.78, 5) is 8.33. The molecule has 5 aromatic rings. The van der Waals surface area contributed by atoms with Crippen molar-refractivity contribution in [1.82, 2.24) is 14.4 Å². The van der Waals surface area contributed by atoms with Gasteiger partial charge in [-0.1, -0.05) is 72.8 Å². The van der Waals surface area contributed by atoms with Crippen molar-refractivity contribution in [1.29, 1.82) is 0 Å². The molecule has 24 heavy (non-hydrogen) atoms. The highest BCUT2D eigenvalue weighted by Crippen LogP contribution is 2.34. The summed E-state index contributed by atoms with van der Waals surface area (Å²) in [6.07, 6.45) is 0. The highest BCUT2D eigenvalue weighted by Gasteiger charge is 2.18. The molecule has 0 fully saturated rings. The van der Waals surface area contributed by atoms with E-state index in [0.29, 0.717) is 0 Å². The van der Waals surface area contributed by atoms with Crippen molar-refractivity contribution >= 4 is 16.8 Å². The van der Waals surface area contributed by atoms with Gasteiger partial charge in [0.2, 0.25) is 5.78 Å².